The lowest BCUT2D eigenvalue weighted by Gasteiger charge is -2.26. The normalized spacial score (nSPS) is 15.2. The van der Waals surface area contributed by atoms with Gasteiger partial charge in [-0.1, -0.05) is 12.1 Å². The van der Waals surface area contributed by atoms with Crippen LogP contribution in [0.15, 0.2) is 18.2 Å². The molecule has 1 aromatic rings. The van der Waals surface area contributed by atoms with Crippen molar-refractivity contribution in [2.45, 2.75) is 45.8 Å². The van der Waals surface area contributed by atoms with Crippen LogP contribution in [-0.2, 0) is 17.7 Å². The molecule has 1 aromatic carbocycles. The topological polar surface area (TPSA) is 46.6 Å². The average molecular weight is 275 g/mol. The summed E-state index contributed by atoms with van der Waals surface area (Å²) >= 11 is 0. The van der Waals surface area contributed by atoms with E-state index in [1.807, 2.05) is 39.0 Å². The molecule has 0 unspecified atom stereocenters. The molecule has 0 aromatic heterocycles. The van der Waals surface area contributed by atoms with Crippen LogP contribution in [0.4, 0.5) is 4.79 Å². The summed E-state index contributed by atoms with van der Waals surface area (Å²) in [6.07, 6.45) is 2.38. The highest BCUT2D eigenvalue weighted by molar-refractivity contribution is 5.75. The van der Waals surface area contributed by atoms with Gasteiger partial charge in [-0.2, -0.15) is 0 Å². The minimum Gasteiger partial charge on any atom is -0.444 e. The minimum atomic E-state index is -0.489. The number of nitrogens with zero attached hydrogens (tertiary/aromatic N) is 1. The Balaban J connectivity index is 2.18. The van der Waals surface area contributed by atoms with E-state index in [0.29, 0.717) is 18.7 Å². The van der Waals surface area contributed by atoms with Gasteiger partial charge in [0.25, 0.3) is 0 Å². The maximum Gasteiger partial charge on any atom is 0.410 e. The first kappa shape index (κ1) is 14.6. The molecule has 0 spiro atoms. The Hall–Kier alpha value is -1.84. The molecule has 0 N–H and O–H groups in total. The van der Waals surface area contributed by atoms with Crippen molar-refractivity contribution >= 4 is 12.4 Å². The summed E-state index contributed by atoms with van der Waals surface area (Å²) in [6, 6.07) is 5.68. The van der Waals surface area contributed by atoms with E-state index < -0.39 is 5.60 Å². The number of amides is 1. The van der Waals surface area contributed by atoms with Crippen molar-refractivity contribution in [1.29, 1.82) is 0 Å². The van der Waals surface area contributed by atoms with Gasteiger partial charge in [-0.3, -0.25) is 4.79 Å². The summed E-state index contributed by atoms with van der Waals surface area (Å²) in [5, 5.41) is 0. The zero-order valence-corrected chi connectivity index (χ0v) is 12.3. The van der Waals surface area contributed by atoms with Crippen LogP contribution in [0.2, 0.25) is 0 Å². The van der Waals surface area contributed by atoms with Crippen molar-refractivity contribution in [3.05, 3.63) is 34.9 Å². The van der Waals surface area contributed by atoms with Crippen molar-refractivity contribution in [1.82, 2.24) is 4.90 Å². The minimum absolute atomic E-state index is 0.290. The molecule has 0 radical (unpaired) electrons. The number of rotatable bonds is 1. The number of ether oxygens (including phenoxy) is 1. The summed E-state index contributed by atoms with van der Waals surface area (Å²) in [5.41, 5.74) is 2.41. The third-order valence-corrected chi connectivity index (χ3v) is 3.25. The summed E-state index contributed by atoms with van der Waals surface area (Å²) in [7, 11) is 0. The van der Waals surface area contributed by atoms with Gasteiger partial charge in [-0.05, 0) is 50.8 Å². The number of fused-ring (bicyclic) bond motifs is 1. The van der Waals surface area contributed by atoms with E-state index >= 15 is 0 Å². The molecule has 0 fully saturated rings. The average Bonchev–Trinajstić information content (AvgIpc) is 2.57. The van der Waals surface area contributed by atoms with Crippen LogP contribution in [0.25, 0.3) is 0 Å². The number of carbonyl (C=O) groups is 2. The Bertz CT molecular complexity index is 517. The first-order valence-corrected chi connectivity index (χ1v) is 6.94. The molecule has 0 aliphatic carbocycles. The summed E-state index contributed by atoms with van der Waals surface area (Å²) in [6.45, 7) is 6.77. The van der Waals surface area contributed by atoms with Crippen LogP contribution in [-0.4, -0.2) is 29.4 Å². The second-order valence-electron chi connectivity index (χ2n) is 6.15. The maximum atomic E-state index is 12.2. The number of aldehydes is 1. The maximum absolute atomic E-state index is 12.2. The fraction of sp³-hybridized carbons (Fsp3) is 0.500. The van der Waals surface area contributed by atoms with Crippen LogP contribution in [0.3, 0.4) is 0 Å². The number of hydrogen-bond acceptors (Lipinski definition) is 3. The third-order valence-electron chi connectivity index (χ3n) is 3.25. The fourth-order valence-corrected chi connectivity index (χ4v) is 2.34. The van der Waals surface area contributed by atoms with E-state index in [1.165, 1.54) is 5.56 Å². The Morgan fingerprint density at radius 1 is 1.30 bits per heavy atom. The third kappa shape index (κ3) is 3.59. The molecule has 108 valence electrons. The van der Waals surface area contributed by atoms with Crippen molar-refractivity contribution in [2.75, 3.05) is 6.54 Å². The standard InChI is InChI=1S/C16H21NO3/c1-16(2,3)20-15(19)17-8-4-5-13-7-6-12(11-18)9-14(13)10-17/h6-7,9,11H,4-5,8,10H2,1-3H3. The first-order chi connectivity index (χ1) is 9.39. The van der Waals surface area contributed by atoms with Crippen LogP contribution in [0.5, 0.6) is 0 Å². The second-order valence-corrected chi connectivity index (χ2v) is 6.15. The molecule has 4 nitrogen and oxygen atoms in total. The summed E-state index contributed by atoms with van der Waals surface area (Å²) in [5.74, 6) is 0. The van der Waals surface area contributed by atoms with Crippen LogP contribution in [0, 0.1) is 0 Å². The number of hydrogen-bond donors (Lipinski definition) is 0. The van der Waals surface area contributed by atoms with Gasteiger partial charge in [0.2, 0.25) is 0 Å². The van der Waals surface area contributed by atoms with Crippen molar-refractivity contribution < 1.29 is 14.3 Å². The molecule has 0 bridgehead atoms. The monoisotopic (exact) mass is 275 g/mol. The van der Waals surface area contributed by atoms with Crippen LogP contribution >= 0.6 is 0 Å². The SMILES string of the molecule is CC(C)(C)OC(=O)N1CCCc2ccc(C=O)cc2C1. The van der Waals surface area contributed by atoms with Gasteiger partial charge < -0.3 is 9.64 Å². The molecule has 1 aliphatic heterocycles. The Kier molecular flexibility index (Phi) is 4.12. The predicted octanol–water partition coefficient (Wildman–Crippen LogP) is 3.18. The van der Waals surface area contributed by atoms with E-state index in [1.54, 1.807) is 4.90 Å². The quantitative estimate of drug-likeness (QED) is 0.739. The summed E-state index contributed by atoms with van der Waals surface area (Å²) < 4.78 is 5.42. The van der Waals surface area contributed by atoms with E-state index in [9.17, 15) is 9.59 Å². The van der Waals surface area contributed by atoms with E-state index in [4.69, 9.17) is 4.74 Å². The predicted molar refractivity (Wildman–Crippen MR) is 76.8 cm³/mol. The molecule has 0 atom stereocenters. The number of aryl methyl sites for hydroxylation is 1. The zero-order chi connectivity index (χ0) is 14.8. The molecule has 1 amide bonds. The van der Waals surface area contributed by atoms with E-state index in [0.717, 1.165) is 24.7 Å². The molecule has 4 heteroatoms. The molecule has 20 heavy (non-hydrogen) atoms. The highest BCUT2D eigenvalue weighted by Crippen LogP contribution is 2.21. The van der Waals surface area contributed by atoms with Crippen molar-refractivity contribution in [2.24, 2.45) is 0 Å². The molecule has 2 rings (SSSR count). The smallest absolute Gasteiger partial charge is 0.410 e. The molecular weight excluding hydrogens is 254 g/mol. The van der Waals surface area contributed by atoms with Crippen LogP contribution < -0.4 is 0 Å². The van der Waals surface area contributed by atoms with Gasteiger partial charge >= 0.3 is 6.09 Å². The molecule has 1 aliphatic rings. The Morgan fingerprint density at radius 2 is 2.05 bits per heavy atom. The highest BCUT2D eigenvalue weighted by atomic mass is 16.6. The van der Waals surface area contributed by atoms with Gasteiger partial charge in [-0.25, -0.2) is 4.79 Å². The Morgan fingerprint density at radius 3 is 2.70 bits per heavy atom. The first-order valence-electron chi connectivity index (χ1n) is 6.94. The van der Waals surface area contributed by atoms with Crippen LogP contribution in [0.1, 0.15) is 48.7 Å². The Labute approximate surface area is 119 Å². The zero-order valence-electron chi connectivity index (χ0n) is 12.3. The van der Waals surface area contributed by atoms with Gasteiger partial charge in [0.15, 0.2) is 0 Å². The number of benzene rings is 1. The molecular formula is C16H21NO3. The largest absolute Gasteiger partial charge is 0.444 e. The summed E-state index contributed by atoms with van der Waals surface area (Å²) in [4.78, 5) is 24.8. The molecule has 1 heterocycles. The lowest BCUT2D eigenvalue weighted by atomic mass is 10.0. The van der Waals surface area contributed by atoms with Gasteiger partial charge in [0, 0.05) is 18.7 Å². The second kappa shape index (κ2) is 5.65. The molecule has 0 saturated heterocycles. The van der Waals surface area contributed by atoms with Gasteiger partial charge in [0.1, 0.15) is 11.9 Å². The molecule has 0 saturated carbocycles. The fourth-order valence-electron chi connectivity index (χ4n) is 2.34. The van der Waals surface area contributed by atoms with Crippen molar-refractivity contribution in [3.8, 4) is 0 Å². The van der Waals surface area contributed by atoms with E-state index in [-0.39, 0.29) is 6.09 Å². The van der Waals surface area contributed by atoms with Crippen molar-refractivity contribution in [3.63, 3.8) is 0 Å². The number of carbonyl (C=O) groups excluding carboxylic acids is 2. The van der Waals surface area contributed by atoms with E-state index in [2.05, 4.69) is 0 Å². The lowest BCUT2D eigenvalue weighted by molar-refractivity contribution is 0.0237. The highest BCUT2D eigenvalue weighted by Gasteiger charge is 2.24. The van der Waals surface area contributed by atoms with Gasteiger partial charge in [-0.15, -0.1) is 0 Å². The van der Waals surface area contributed by atoms with Gasteiger partial charge in [0.05, 0.1) is 0 Å². The lowest BCUT2D eigenvalue weighted by Crippen LogP contribution is -2.36.